The van der Waals surface area contributed by atoms with Gasteiger partial charge in [0.25, 0.3) is 0 Å². The van der Waals surface area contributed by atoms with Crippen molar-refractivity contribution in [1.82, 2.24) is 0 Å². The van der Waals surface area contributed by atoms with Crippen LogP contribution in [0.15, 0.2) is 48.6 Å². The van der Waals surface area contributed by atoms with Crippen LogP contribution in [0.5, 0.6) is 0 Å². The summed E-state index contributed by atoms with van der Waals surface area (Å²) < 4.78 is 0. The van der Waals surface area contributed by atoms with Crippen molar-refractivity contribution in [1.29, 1.82) is 0 Å². The molecule has 0 heterocycles. The third-order valence-electron chi connectivity index (χ3n) is 2.11. The zero-order valence-corrected chi connectivity index (χ0v) is 8.73. The highest BCUT2D eigenvalue weighted by atomic mass is 13.9. The van der Waals surface area contributed by atoms with E-state index in [9.17, 15) is 0 Å². The van der Waals surface area contributed by atoms with E-state index in [4.69, 9.17) is 0 Å². The fourth-order valence-corrected chi connectivity index (χ4v) is 1.31. The lowest BCUT2D eigenvalue weighted by molar-refractivity contribution is 0.868. The van der Waals surface area contributed by atoms with Crippen LogP contribution in [0.3, 0.4) is 0 Å². The summed E-state index contributed by atoms with van der Waals surface area (Å²) in [6.45, 7) is 0. The standard InChI is InChI=1S/C14H19/c1-2-4-6-8-10-12-14-13-11-9-7-5-3-1/h1-4,7,11-14H,5-6,8-10H2/b3-1-,4-2+,13-11+,14-12-. The van der Waals surface area contributed by atoms with Crippen molar-refractivity contribution in [2.45, 2.75) is 32.1 Å². The Hall–Kier alpha value is -1.04. The number of rotatable bonds is 0. The van der Waals surface area contributed by atoms with Gasteiger partial charge in [-0.05, 0) is 38.5 Å². The lowest BCUT2D eigenvalue weighted by Gasteiger charge is -1.91. The van der Waals surface area contributed by atoms with E-state index in [0.717, 1.165) is 12.8 Å². The van der Waals surface area contributed by atoms with E-state index in [1.165, 1.54) is 19.3 Å². The Morgan fingerprint density at radius 2 is 1.07 bits per heavy atom. The predicted octanol–water partition coefficient (Wildman–Crippen LogP) is 4.38. The van der Waals surface area contributed by atoms with Gasteiger partial charge in [-0.15, -0.1) is 0 Å². The molecule has 0 nitrogen and oxygen atoms in total. The highest BCUT2D eigenvalue weighted by molar-refractivity contribution is 5.07. The minimum absolute atomic E-state index is 1.07. The fraction of sp³-hybridized carbons (Fsp3) is 0.357. The van der Waals surface area contributed by atoms with Crippen LogP contribution in [0.4, 0.5) is 0 Å². The van der Waals surface area contributed by atoms with Gasteiger partial charge in [-0.3, -0.25) is 0 Å². The van der Waals surface area contributed by atoms with E-state index in [-0.39, 0.29) is 0 Å². The monoisotopic (exact) mass is 187 g/mol. The molecule has 0 atom stereocenters. The molecular formula is C14H19. The Bertz CT molecular complexity index is 178. The van der Waals surface area contributed by atoms with Crippen molar-refractivity contribution in [2.24, 2.45) is 0 Å². The molecule has 1 aliphatic rings. The molecule has 0 saturated carbocycles. The average molecular weight is 187 g/mol. The lowest BCUT2D eigenvalue weighted by atomic mass is 10.2. The van der Waals surface area contributed by atoms with Gasteiger partial charge < -0.3 is 0 Å². The summed E-state index contributed by atoms with van der Waals surface area (Å²) in [7, 11) is 0. The molecule has 75 valence electrons. The summed E-state index contributed by atoms with van der Waals surface area (Å²) in [5.41, 5.74) is 0. The third-order valence-corrected chi connectivity index (χ3v) is 2.11. The summed E-state index contributed by atoms with van der Waals surface area (Å²) in [5.74, 6) is 0. The van der Waals surface area contributed by atoms with Gasteiger partial charge in [0.1, 0.15) is 0 Å². The molecule has 0 aromatic rings. The predicted molar refractivity (Wildman–Crippen MR) is 63.9 cm³/mol. The molecule has 0 saturated heterocycles. The Morgan fingerprint density at radius 3 is 1.64 bits per heavy atom. The van der Waals surface area contributed by atoms with Crippen LogP contribution >= 0.6 is 0 Å². The third kappa shape index (κ3) is 6.47. The van der Waals surface area contributed by atoms with Gasteiger partial charge in [-0.1, -0.05) is 48.6 Å². The summed E-state index contributed by atoms with van der Waals surface area (Å²) in [6, 6.07) is 0. The Kier molecular flexibility index (Phi) is 6.74. The zero-order chi connectivity index (χ0) is 9.90. The molecule has 0 heteroatoms. The topological polar surface area (TPSA) is 0 Å². The molecule has 14 heavy (non-hydrogen) atoms. The van der Waals surface area contributed by atoms with Crippen LogP contribution in [-0.2, 0) is 0 Å². The first-order chi connectivity index (χ1) is 7.00. The van der Waals surface area contributed by atoms with Crippen molar-refractivity contribution in [3.63, 3.8) is 0 Å². The smallest absolute Gasteiger partial charge is 0.0310 e. The minimum Gasteiger partial charge on any atom is -0.0845 e. The highest BCUT2D eigenvalue weighted by Gasteiger charge is 1.82. The first-order valence-corrected chi connectivity index (χ1v) is 5.45. The lowest BCUT2D eigenvalue weighted by Crippen LogP contribution is -1.72. The molecule has 0 aliphatic heterocycles. The van der Waals surface area contributed by atoms with Crippen molar-refractivity contribution in [2.75, 3.05) is 0 Å². The van der Waals surface area contributed by atoms with E-state index in [1.807, 2.05) is 0 Å². The maximum Gasteiger partial charge on any atom is -0.0310 e. The second-order valence-electron chi connectivity index (χ2n) is 3.40. The molecule has 1 radical (unpaired) electrons. The van der Waals surface area contributed by atoms with E-state index in [2.05, 4.69) is 55.0 Å². The molecule has 0 spiro atoms. The molecule has 1 rings (SSSR count). The van der Waals surface area contributed by atoms with Gasteiger partial charge in [0.2, 0.25) is 0 Å². The summed E-state index contributed by atoms with van der Waals surface area (Å²) >= 11 is 0. The number of hydrogen-bond acceptors (Lipinski definition) is 0. The highest BCUT2D eigenvalue weighted by Crippen LogP contribution is 2.01. The van der Waals surface area contributed by atoms with Crippen molar-refractivity contribution >= 4 is 0 Å². The van der Waals surface area contributed by atoms with Crippen LogP contribution in [0.1, 0.15) is 32.1 Å². The van der Waals surface area contributed by atoms with Gasteiger partial charge in [-0.2, -0.15) is 0 Å². The van der Waals surface area contributed by atoms with E-state index < -0.39 is 0 Å². The van der Waals surface area contributed by atoms with Crippen molar-refractivity contribution in [3.8, 4) is 0 Å². The Labute approximate surface area is 87.7 Å². The van der Waals surface area contributed by atoms with Crippen LogP contribution in [0.2, 0.25) is 0 Å². The zero-order valence-electron chi connectivity index (χ0n) is 8.73. The second-order valence-corrected chi connectivity index (χ2v) is 3.40. The normalized spacial score (nSPS) is 28.6. The molecule has 0 aromatic carbocycles. The molecule has 0 amide bonds. The van der Waals surface area contributed by atoms with Crippen LogP contribution in [-0.4, -0.2) is 0 Å². The van der Waals surface area contributed by atoms with E-state index in [0.29, 0.717) is 0 Å². The van der Waals surface area contributed by atoms with Crippen LogP contribution in [0, 0.1) is 6.42 Å². The molecular weight excluding hydrogens is 168 g/mol. The largest absolute Gasteiger partial charge is 0.0845 e. The molecule has 0 unspecified atom stereocenters. The quantitative estimate of drug-likeness (QED) is 0.528. The average Bonchev–Trinajstić information content (AvgIpc) is 2.22. The van der Waals surface area contributed by atoms with E-state index in [1.54, 1.807) is 0 Å². The first kappa shape index (κ1) is 11.0. The molecule has 0 fully saturated rings. The molecule has 0 N–H and O–H groups in total. The first-order valence-electron chi connectivity index (χ1n) is 5.45. The molecule has 0 bridgehead atoms. The van der Waals surface area contributed by atoms with Crippen LogP contribution < -0.4 is 0 Å². The van der Waals surface area contributed by atoms with Gasteiger partial charge >= 0.3 is 0 Å². The maximum atomic E-state index is 2.28. The summed E-state index contributed by atoms with van der Waals surface area (Å²) in [5, 5.41) is 0. The Morgan fingerprint density at radius 1 is 0.571 bits per heavy atom. The van der Waals surface area contributed by atoms with Crippen molar-refractivity contribution in [3.05, 3.63) is 55.0 Å². The minimum atomic E-state index is 1.07. The Balaban J connectivity index is 2.33. The van der Waals surface area contributed by atoms with Gasteiger partial charge in [0.05, 0.1) is 0 Å². The van der Waals surface area contributed by atoms with Gasteiger partial charge in [0, 0.05) is 0 Å². The number of allylic oxidation sites excluding steroid dienone is 8. The molecule has 1 aliphatic carbocycles. The maximum absolute atomic E-state index is 2.28. The van der Waals surface area contributed by atoms with Gasteiger partial charge in [-0.25, -0.2) is 0 Å². The second kappa shape index (κ2) is 8.55. The molecule has 0 aromatic heterocycles. The summed E-state index contributed by atoms with van der Waals surface area (Å²) in [4.78, 5) is 0. The fourth-order valence-electron chi connectivity index (χ4n) is 1.31. The van der Waals surface area contributed by atoms with Gasteiger partial charge in [0.15, 0.2) is 0 Å². The number of hydrogen-bond donors (Lipinski definition) is 0. The van der Waals surface area contributed by atoms with Crippen molar-refractivity contribution < 1.29 is 0 Å². The van der Waals surface area contributed by atoms with Crippen LogP contribution in [0.25, 0.3) is 0 Å². The SMILES string of the molecule is [CH]1C/C=C\C=C\CCC/C=C\C=C\C1. The van der Waals surface area contributed by atoms with E-state index >= 15 is 0 Å². The summed E-state index contributed by atoms with van der Waals surface area (Å²) in [6.07, 6.45) is 25.5.